The zero-order valence-electron chi connectivity index (χ0n) is 34.7. The van der Waals surface area contributed by atoms with Gasteiger partial charge in [-0.2, -0.15) is 0 Å². The lowest BCUT2D eigenvalue weighted by Crippen LogP contribution is -2.31. The molecule has 1 heterocycles. The van der Waals surface area contributed by atoms with Gasteiger partial charge in [0.05, 0.1) is 11.0 Å². The number of fused-ring (bicyclic) bond motifs is 1. The summed E-state index contributed by atoms with van der Waals surface area (Å²) >= 11 is 0. The predicted octanol–water partition coefficient (Wildman–Crippen LogP) is 13.8. The lowest BCUT2D eigenvalue weighted by Gasteiger charge is -2.30. The van der Waals surface area contributed by atoms with Gasteiger partial charge in [-0.1, -0.05) is 178 Å². The third kappa shape index (κ3) is 7.66. The Morgan fingerprint density at radius 2 is 1.62 bits per heavy atom. The fraction of sp³-hybridized carbons (Fsp3) is 0.309. The topological polar surface area (TPSA) is 4.93 Å². The van der Waals surface area contributed by atoms with Crippen molar-refractivity contribution < 1.29 is 0 Å². The molecule has 0 saturated carbocycles. The van der Waals surface area contributed by atoms with E-state index in [1.165, 1.54) is 80.2 Å². The van der Waals surface area contributed by atoms with E-state index in [1.54, 1.807) is 11.1 Å². The molecular formula is C55H61N. The summed E-state index contributed by atoms with van der Waals surface area (Å²) in [6.45, 7) is 22.8. The number of hydrogen-bond donors (Lipinski definition) is 0. The van der Waals surface area contributed by atoms with E-state index >= 15 is 0 Å². The molecule has 1 nitrogen and oxygen atoms in total. The highest BCUT2D eigenvalue weighted by atomic mass is 15.0. The molecule has 0 saturated heterocycles. The monoisotopic (exact) mass is 735 g/mol. The van der Waals surface area contributed by atoms with Crippen molar-refractivity contribution in [1.82, 2.24) is 4.57 Å². The maximum atomic E-state index is 4.64. The van der Waals surface area contributed by atoms with Gasteiger partial charge in [-0.3, -0.25) is 0 Å². The second kappa shape index (κ2) is 16.9. The van der Waals surface area contributed by atoms with Crippen molar-refractivity contribution in [2.45, 2.75) is 86.5 Å². The van der Waals surface area contributed by atoms with Crippen LogP contribution in [0.15, 0.2) is 174 Å². The van der Waals surface area contributed by atoms with E-state index in [0.29, 0.717) is 17.8 Å². The summed E-state index contributed by atoms with van der Waals surface area (Å²) in [6, 6.07) is 22.0. The van der Waals surface area contributed by atoms with Crippen molar-refractivity contribution >= 4 is 17.3 Å². The molecule has 0 bridgehead atoms. The van der Waals surface area contributed by atoms with Gasteiger partial charge in [0.15, 0.2) is 0 Å². The van der Waals surface area contributed by atoms with Crippen LogP contribution in [0.2, 0.25) is 0 Å². The number of hydrogen-bond acceptors (Lipinski definition) is 0. The van der Waals surface area contributed by atoms with Gasteiger partial charge in [-0.15, -0.1) is 0 Å². The van der Waals surface area contributed by atoms with Gasteiger partial charge in [-0.25, -0.2) is 0 Å². The minimum atomic E-state index is 0.0798. The Kier molecular flexibility index (Phi) is 11.8. The lowest BCUT2D eigenvalue weighted by molar-refractivity contribution is 0.321. The van der Waals surface area contributed by atoms with E-state index in [1.807, 2.05) is 0 Å². The molecule has 286 valence electrons. The molecule has 2 aromatic carbocycles. The summed E-state index contributed by atoms with van der Waals surface area (Å²) in [5.74, 6) is 1.39. The van der Waals surface area contributed by atoms with E-state index < -0.39 is 0 Å². The summed E-state index contributed by atoms with van der Waals surface area (Å²) in [5, 5.41) is 2.50. The molecule has 4 aliphatic carbocycles. The number of rotatable bonds is 11. The van der Waals surface area contributed by atoms with Gasteiger partial charge < -0.3 is 4.57 Å². The standard InChI is InChI=1S/C55H61N/c1-9-42-26-20-27-43(40(42)6)34-31-39(5)37-49-52(44-22-13-11-14-23-44)54(45-24-15-12-16-25-45)56(53(49)38(3)4)46-35-32-41(33-36-46)21-19-29-47-48-28-17-18-30-51(48)55(7,8)50(47)10-2/h10-19,22-25,28-32,34-35,37,43,48,51H,2,5,9,20-21,26-27,33,36H2,1,3-4,6-8H3/b29-19-,34-31-,49-37-/t43?,48?,51-/m1/s1. The van der Waals surface area contributed by atoms with Crippen LogP contribution in [0.1, 0.15) is 86.5 Å². The third-order valence-electron chi connectivity index (χ3n) is 12.9. The van der Waals surface area contributed by atoms with Crippen molar-refractivity contribution in [3.05, 3.63) is 185 Å². The molecular weight excluding hydrogens is 675 g/mol. The molecule has 1 aromatic heterocycles. The molecule has 3 aromatic rings. The second-order valence-electron chi connectivity index (χ2n) is 17.0. The first-order valence-electron chi connectivity index (χ1n) is 21.0. The van der Waals surface area contributed by atoms with Gasteiger partial charge in [0.1, 0.15) is 0 Å². The molecule has 0 N–H and O–H groups in total. The van der Waals surface area contributed by atoms with Crippen molar-refractivity contribution in [3.8, 4) is 22.4 Å². The second-order valence-corrected chi connectivity index (χ2v) is 17.0. The zero-order valence-corrected chi connectivity index (χ0v) is 34.7. The van der Waals surface area contributed by atoms with Crippen LogP contribution in [0.25, 0.3) is 39.7 Å². The van der Waals surface area contributed by atoms with Crippen LogP contribution in [-0.2, 0) is 0 Å². The summed E-state index contributed by atoms with van der Waals surface area (Å²) in [4.78, 5) is 0. The highest BCUT2D eigenvalue weighted by molar-refractivity contribution is 5.87. The first kappa shape index (κ1) is 39.1. The molecule has 0 amide bonds. The summed E-state index contributed by atoms with van der Waals surface area (Å²) in [7, 11) is 0. The quantitative estimate of drug-likeness (QED) is 0.136. The van der Waals surface area contributed by atoms with Crippen LogP contribution in [0.5, 0.6) is 0 Å². The Bertz CT molecular complexity index is 2360. The number of benzene rings is 2. The van der Waals surface area contributed by atoms with E-state index in [0.717, 1.165) is 31.3 Å². The average Bonchev–Trinajstić information content (AvgIpc) is 3.66. The van der Waals surface area contributed by atoms with E-state index in [2.05, 4.69) is 193 Å². The van der Waals surface area contributed by atoms with Crippen LogP contribution in [0, 0.1) is 23.2 Å². The van der Waals surface area contributed by atoms with E-state index in [9.17, 15) is 0 Å². The van der Waals surface area contributed by atoms with Gasteiger partial charge in [0.2, 0.25) is 0 Å². The largest absolute Gasteiger partial charge is 0.312 e. The van der Waals surface area contributed by atoms with Crippen molar-refractivity contribution in [2.75, 3.05) is 0 Å². The van der Waals surface area contributed by atoms with Crippen LogP contribution in [0.3, 0.4) is 0 Å². The zero-order chi connectivity index (χ0) is 39.4. The Morgan fingerprint density at radius 1 is 0.911 bits per heavy atom. The molecule has 0 fully saturated rings. The minimum absolute atomic E-state index is 0.0798. The molecule has 0 aliphatic heterocycles. The van der Waals surface area contributed by atoms with Crippen molar-refractivity contribution in [3.63, 3.8) is 0 Å². The minimum Gasteiger partial charge on any atom is -0.312 e. The van der Waals surface area contributed by atoms with Crippen LogP contribution in [-0.4, -0.2) is 4.57 Å². The molecule has 0 radical (unpaired) electrons. The smallest absolute Gasteiger partial charge is 0.0616 e. The molecule has 56 heavy (non-hydrogen) atoms. The first-order valence-corrected chi connectivity index (χ1v) is 21.0. The molecule has 2 unspecified atom stereocenters. The third-order valence-corrected chi connectivity index (χ3v) is 12.9. The van der Waals surface area contributed by atoms with E-state index in [-0.39, 0.29) is 5.41 Å². The Morgan fingerprint density at radius 3 is 2.29 bits per heavy atom. The average molecular weight is 736 g/mol. The van der Waals surface area contributed by atoms with Gasteiger partial charge >= 0.3 is 0 Å². The SMILES string of the molecule is C=CC1=C(/C=C\CC2=CC=C(n3c(-c4ccccc4)c(-c4ccccc4)/c(=C/C(=C)/C=C\C4CCCC(CC)=C4C)c3=C(C)C)CC2)C2C=CC=C[C@H]2C1(C)C. The highest BCUT2D eigenvalue weighted by Crippen LogP contribution is 2.53. The van der Waals surface area contributed by atoms with Crippen LogP contribution < -0.4 is 10.6 Å². The Balaban J connectivity index is 1.31. The predicted molar refractivity (Wildman–Crippen MR) is 244 cm³/mol. The number of allylic oxidation sites excluding steroid dienone is 18. The summed E-state index contributed by atoms with van der Waals surface area (Å²) in [6.07, 6.45) is 35.7. The van der Waals surface area contributed by atoms with Gasteiger partial charge in [-0.05, 0) is 123 Å². The Hall–Kier alpha value is -5.14. The molecule has 7 rings (SSSR count). The molecule has 1 heteroatoms. The molecule has 3 atom stereocenters. The number of aromatic nitrogens is 1. The van der Waals surface area contributed by atoms with Gasteiger partial charge in [0.25, 0.3) is 0 Å². The fourth-order valence-electron chi connectivity index (χ4n) is 9.93. The first-order chi connectivity index (χ1) is 27.1. The maximum Gasteiger partial charge on any atom is 0.0616 e. The Labute approximate surface area is 337 Å². The summed E-state index contributed by atoms with van der Waals surface area (Å²) < 4.78 is 2.57. The maximum absolute atomic E-state index is 4.64. The fourth-order valence-corrected chi connectivity index (χ4v) is 9.93. The van der Waals surface area contributed by atoms with Crippen LogP contribution >= 0.6 is 0 Å². The van der Waals surface area contributed by atoms with Gasteiger partial charge in [0, 0.05) is 22.4 Å². The molecule has 0 spiro atoms. The van der Waals surface area contributed by atoms with Crippen molar-refractivity contribution in [1.29, 1.82) is 0 Å². The number of nitrogens with zero attached hydrogens (tertiary/aromatic N) is 1. The normalized spacial score (nSPS) is 22.2. The molecule has 4 aliphatic rings. The highest BCUT2D eigenvalue weighted by Gasteiger charge is 2.44. The van der Waals surface area contributed by atoms with E-state index in [4.69, 9.17) is 0 Å². The van der Waals surface area contributed by atoms with Crippen LogP contribution in [0.4, 0.5) is 0 Å². The lowest BCUT2D eigenvalue weighted by atomic mass is 9.73. The summed E-state index contributed by atoms with van der Waals surface area (Å²) in [5.41, 5.74) is 16.2. The van der Waals surface area contributed by atoms with Crippen molar-refractivity contribution in [2.24, 2.45) is 23.2 Å².